The molecule has 0 aromatic carbocycles. The third-order valence-electron chi connectivity index (χ3n) is 1.33. The molecule has 0 aliphatic rings. The van der Waals surface area contributed by atoms with Gasteiger partial charge in [-0.25, -0.2) is 0 Å². The Morgan fingerprint density at radius 1 is 1.83 bits per heavy atom. The van der Waals surface area contributed by atoms with Crippen molar-refractivity contribution in [3.63, 3.8) is 0 Å². The fourth-order valence-electron chi connectivity index (χ4n) is 0.854. The molecule has 1 aromatic rings. The van der Waals surface area contributed by atoms with E-state index in [4.69, 9.17) is 0 Å². The first-order valence-electron chi connectivity index (χ1n) is 3.57. The predicted octanol–water partition coefficient (Wildman–Crippen LogP) is 3.25. The van der Waals surface area contributed by atoms with Gasteiger partial charge in [-0.2, -0.15) is 0 Å². The van der Waals surface area contributed by atoms with Crippen LogP contribution in [0.2, 0.25) is 0 Å². The van der Waals surface area contributed by atoms with E-state index in [1.54, 1.807) is 24.3 Å². The fraction of sp³-hybridized carbons (Fsp3) is 0.222. The Balaban J connectivity index is 2.69. The van der Waals surface area contributed by atoms with E-state index >= 15 is 0 Å². The summed E-state index contributed by atoms with van der Waals surface area (Å²) >= 11 is 2.96. The number of rotatable bonds is 3. The van der Waals surface area contributed by atoms with Crippen molar-refractivity contribution in [3.05, 3.63) is 35.0 Å². The van der Waals surface area contributed by atoms with Crippen molar-refractivity contribution in [2.75, 3.05) is 0 Å². The quantitative estimate of drug-likeness (QED) is 0.693. The van der Waals surface area contributed by atoms with Crippen molar-refractivity contribution in [2.24, 2.45) is 0 Å². The van der Waals surface area contributed by atoms with E-state index in [2.05, 4.69) is 6.58 Å². The summed E-state index contributed by atoms with van der Waals surface area (Å²) in [4.78, 5) is 12.0. The highest BCUT2D eigenvalue weighted by Gasteiger charge is 2.10. The second-order valence-electron chi connectivity index (χ2n) is 2.28. The smallest absolute Gasteiger partial charge is 0.186 e. The van der Waals surface area contributed by atoms with Crippen LogP contribution >= 0.6 is 23.1 Å². The van der Waals surface area contributed by atoms with Gasteiger partial charge in [-0.3, -0.25) is 4.79 Å². The van der Waals surface area contributed by atoms with Gasteiger partial charge in [0.1, 0.15) is 0 Å². The Kier molecular flexibility index (Phi) is 3.56. The molecule has 1 atom stereocenters. The molecule has 1 heterocycles. The molecule has 0 amide bonds. The van der Waals surface area contributed by atoms with E-state index in [-0.39, 0.29) is 10.4 Å². The van der Waals surface area contributed by atoms with Gasteiger partial charge < -0.3 is 0 Å². The largest absolute Gasteiger partial charge is 0.288 e. The van der Waals surface area contributed by atoms with Gasteiger partial charge in [-0.05, 0) is 11.4 Å². The van der Waals surface area contributed by atoms with Crippen molar-refractivity contribution in [3.8, 4) is 0 Å². The lowest BCUT2D eigenvalue weighted by Gasteiger charge is -2.05. The van der Waals surface area contributed by atoms with E-state index in [1.165, 1.54) is 16.6 Å². The number of thioether (sulfide) groups is 1. The van der Waals surface area contributed by atoms with Crippen LogP contribution in [0.1, 0.15) is 17.1 Å². The summed E-state index contributed by atoms with van der Waals surface area (Å²) in [7, 11) is 0. The lowest BCUT2D eigenvalue weighted by molar-refractivity contribution is -0.109. The average Bonchev–Trinajstić information content (AvgIpc) is 2.51. The molecule has 0 saturated carbocycles. The van der Waals surface area contributed by atoms with Crippen molar-refractivity contribution in [1.29, 1.82) is 0 Å². The Morgan fingerprint density at radius 2 is 2.58 bits per heavy atom. The number of hydrogen-bond donors (Lipinski definition) is 0. The highest BCUT2D eigenvalue weighted by molar-refractivity contribution is 8.13. The zero-order chi connectivity index (χ0) is 8.97. The van der Waals surface area contributed by atoms with Crippen molar-refractivity contribution < 1.29 is 4.79 Å². The van der Waals surface area contributed by atoms with E-state index in [0.717, 1.165) is 0 Å². The van der Waals surface area contributed by atoms with Gasteiger partial charge in [-0.1, -0.05) is 23.9 Å². The fourth-order valence-corrected chi connectivity index (χ4v) is 2.52. The van der Waals surface area contributed by atoms with Crippen molar-refractivity contribution in [2.45, 2.75) is 12.2 Å². The third kappa shape index (κ3) is 2.50. The Hall–Kier alpha value is -0.540. The Bertz CT molecular complexity index is 264. The van der Waals surface area contributed by atoms with Gasteiger partial charge in [0.15, 0.2) is 5.12 Å². The van der Waals surface area contributed by atoms with Gasteiger partial charge in [0.2, 0.25) is 0 Å². The zero-order valence-corrected chi connectivity index (χ0v) is 8.45. The lowest BCUT2D eigenvalue weighted by Crippen LogP contribution is -1.90. The molecule has 64 valence electrons. The monoisotopic (exact) mass is 198 g/mol. The zero-order valence-electron chi connectivity index (χ0n) is 6.82. The van der Waals surface area contributed by atoms with E-state index in [1.807, 2.05) is 17.5 Å². The van der Waals surface area contributed by atoms with Crippen molar-refractivity contribution >= 4 is 28.2 Å². The van der Waals surface area contributed by atoms with Crippen molar-refractivity contribution in [1.82, 2.24) is 0 Å². The van der Waals surface area contributed by atoms with Gasteiger partial charge in [0.05, 0.1) is 5.25 Å². The average molecular weight is 198 g/mol. The first kappa shape index (κ1) is 9.55. The van der Waals surface area contributed by atoms with Crippen LogP contribution in [0.3, 0.4) is 0 Å². The summed E-state index contributed by atoms with van der Waals surface area (Å²) in [5.74, 6) is 0. The summed E-state index contributed by atoms with van der Waals surface area (Å²) in [6.45, 7) is 5.28. The van der Waals surface area contributed by atoms with Crippen LogP contribution in [0.15, 0.2) is 30.2 Å². The maximum absolute atomic E-state index is 10.8. The van der Waals surface area contributed by atoms with Gasteiger partial charge in [0, 0.05) is 11.8 Å². The summed E-state index contributed by atoms with van der Waals surface area (Å²) in [5.41, 5.74) is 0. The normalized spacial score (nSPS) is 12.4. The Morgan fingerprint density at radius 3 is 3.00 bits per heavy atom. The highest BCUT2D eigenvalue weighted by atomic mass is 32.2. The van der Waals surface area contributed by atoms with Crippen LogP contribution in [-0.2, 0) is 4.79 Å². The molecule has 1 rings (SSSR count). The third-order valence-corrected chi connectivity index (χ3v) is 3.47. The molecule has 0 N–H and O–H groups in total. The van der Waals surface area contributed by atoms with Crippen LogP contribution in [0.4, 0.5) is 0 Å². The maximum Gasteiger partial charge on any atom is 0.186 e. The molecule has 3 heteroatoms. The minimum atomic E-state index is 0.127. The van der Waals surface area contributed by atoms with Gasteiger partial charge in [0.25, 0.3) is 0 Å². The summed E-state index contributed by atoms with van der Waals surface area (Å²) in [6, 6.07) is 4.00. The second kappa shape index (κ2) is 4.48. The first-order valence-corrected chi connectivity index (χ1v) is 5.33. The molecule has 0 bridgehead atoms. The van der Waals surface area contributed by atoms with Crippen LogP contribution in [0.5, 0.6) is 0 Å². The van der Waals surface area contributed by atoms with Crippen LogP contribution in [-0.4, -0.2) is 5.12 Å². The van der Waals surface area contributed by atoms with Gasteiger partial charge >= 0.3 is 0 Å². The maximum atomic E-state index is 10.8. The molecular weight excluding hydrogens is 188 g/mol. The predicted molar refractivity (Wildman–Crippen MR) is 55.5 cm³/mol. The lowest BCUT2D eigenvalue weighted by atomic mass is 10.3. The molecule has 0 aliphatic carbocycles. The molecule has 0 fully saturated rings. The van der Waals surface area contributed by atoms with Crippen LogP contribution in [0, 0.1) is 0 Å². The SMILES string of the molecule is C=C[C@H](SC(C)=O)c1cccs1. The first-order chi connectivity index (χ1) is 5.74. The molecule has 1 aromatic heterocycles. The minimum absolute atomic E-state index is 0.127. The number of hydrogen-bond acceptors (Lipinski definition) is 3. The molecular formula is C9H10OS2. The van der Waals surface area contributed by atoms with Crippen LogP contribution < -0.4 is 0 Å². The topological polar surface area (TPSA) is 17.1 Å². The van der Waals surface area contributed by atoms with E-state index in [0.29, 0.717) is 0 Å². The summed E-state index contributed by atoms with van der Waals surface area (Å²) in [5, 5.41) is 2.27. The molecule has 0 saturated heterocycles. The van der Waals surface area contributed by atoms with Gasteiger partial charge in [-0.15, -0.1) is 17.9 Å². The van der Waals surface area contributed by atoms with Crippen LogP contribution in [0.25, 0.3) is 0 Å². The van der Waals surface area contributed by atoms with E-state index < -0.39 is 0 Å². The molecule has 12 heavy (non-hydrogen) atoms. The minimum Gasteiger partial charge on any atom is -0.288 e. The molecule has 0 unspecified atom stereocenters. The number of carbonyl (C=O) groups excluding carboxylic acids is 1. The summed E-state index contributed by atoms with van der Waals surface area (Å²) < 4.78 is 0. The number of thiophene rings is 1. The molecule has 0 radical (unpaired) electrons. The Labute approximate surface area is 80.5 Å². The second-order valence-corrected chi connectivity index (χ2v) is 4.58. The molecule has 1 nitrogen and oxygen atoms in total. The highest BCUT2D eigenvalue weighted by Crippen LogP contribution is 2.32. The molecule has 0 aliphatic heterocycles. The summed E-state index contributed by atoms with van der Waals surface area (Å²) in [6.07, 6.45) is 1.80. The standard InChI is InChI=1S/C9H10OS2/c1-3-8(12-7(2)10)9-5-4-6-11-9/h3-6,8H,1H2,2H3/t8-/m0/s1. The van der Waals surface area contributed by atoms with E-state index in [9.17, 15) is 4.79 Å². The number of carbonyl (C=O) groups is 1. The molecule has 0 spiro atoms.